The van der Waals surface area contributed by atoms with Crippen molar-refractivity contribution in [1.29, 1.82) is 0 Å². The number of hydrogen-bond donors (Lipinski definition) is 2. The predicted molar refractivity (Wildman–Crippen MR) is 111 cm³/mol. The fourth-order valence-electron chi connectivity index (χ4n) is 4.12. The second-order valence-electron chi connectivity index (χ2n) is 7.66. The molecule has 1 aliphatic heterocycles. The van der Waals surface area contributed by atoms with Crippen LogP contribution >= 0.6 is 0 Å². The van der Waals surface area contributed by atoms with E-state index < -0.39 is 22.8 Å². The first-order valence-corrected chi connectivity index (χ1v) is 10.2. The monoisotopic (exact) mass is 430 g/mol. The van der Waals surface area contributed by atoms with Crippen LogP contribution in [0.2, 0.25) is 0 Å². The van der Waals surface area contributed by atoms with Crippen molar-refractivity contribution in [3.05, 3.63) is 62.5 Å². The number of aliphatic hydroxyl groups excluding tert-OH is 1. The zero-order valence-electron chi connectivity index (χ0n) is 17.6. The second kappa shape index (κ2) is 9.74. The van der Waals surface area contributed by atoms with E-state index in [1.807, 2.05) is 0 Å². The summed E-state index contributed by atoms with van der Waals surface area (Å²) in [5, 5.41) is 23.4. The van der Waals surface area contributed by atoms with Crippen LogP contribution in [0.4, 0.5) is 5.69 Å². The number of nitrogens with one attached hydrogen (secondary N) is 1. The van der Waals surface area contributed by atoms with Crippen LogP contribution in [0.3, 0.4) is 0 Å². The number of dihydropyridines is 1. The van der Waals surface area contributed by atoms with Gasteiger partial charge in [-0.1, -0.05) is 12.1 Å². The van der Waals surface area contributed by atoms with Gasteiger partial charge in [0.2, 0.25) is 0 Å². The molecule has 0 aromatic heterocycles. The highest BCUT2D eigenvalue weighted by molar-refractivity contribution is 6.00. The smallest absolute Gasteiger partial charge is 0.337 e. The maximum atomic E-state index is 13.2. The van der Waals surface area contributed by atoms with Crippen molar-refractivity contribution in [3.63, 3.8) is 0 Å². The number of aliphatic hydroxyl groups is 1. The third-order valence-corrected chi connectivity index (χ3v) is 5.51. The highest BCUT2D eigenvalue weighted by Gasteiger charge is 2.39. The number of esters is 2. The number of nitrogens with zero attached hydrogens (tertiary/aromatic N) is 1. The Morgan fingerprint density at radius 3 is 2.42 bits per heavy atom. The van der Waals surface area contributed by atoms with Gasteiger partial charge in [-0.15, -0.1) is 0 Å². The van der Waals surface area contributed by atoms with Gasteiger partial charge in [0.15, 0.2) is 0 Å². The van der Waals surface area contributed by atoms with Gasteiger partial charge in [0, 0.05) is 23.5 Å². The van der Waals surface area contributed by atoms with Crippen molar-refractivity contribution in [2.75, 3.05) is 13.2 Å². The number of non-ortho nitro benzene ring substituents is 1. The maximum Gasteiger partial charge on any atom is 0.337 e. The van der Waals surface area contributed by atoms with E-state index in [2.05, 4.69) is 5.32 Å². The summed E-state index contributed by atoms with van der Waals surface area (Å²) in [6.45, 7) is 2.82. The van der Waals surface area contributed by atoms with E-state index in [9.17, 15) is 19.7 Å². The molecule has 1 unspecified atom stereocenters. The zero-order valence-corrected chi connectivity index (χ0v) is 17.6. The highest BCUT2D eigenvalue weighted by atomic mass is 16.6. The molecule has 0 saturated heterocycles. The molecule has 1 saturated carbocycles. The number of nitro groups is 1. The van der Waals surface area contributed by atoms with E-state index in [-0.39, 0.29) is 36.2 Å². The maximum absolute atomic E-state index is 13.2. The van der Waals surface area contributed by atoms with E-state index >= 15 is 0 Å². The van der Waals surface area contributed by atoms with E-state index in [0.29, 0.717) is 17.0 Å². The van der Waals surface area contributed by atoms with Gasteiger partial charge >= 0.3 is 11.9 Å². The van der Waals surface area contributed by atoms with E-state index in [0.717, 1.165) is 25.7 Å². The summed E-state index contributed by atoms with van der Waals surface area (Å²) in [5.41, 5.74) is 1.60. The average molecular weight is 430 g/mol. The van der Waals surface area contributed by atoms with Gasteiger partial charge in [-0.3, -0.25) is 10.1 Å². The summed E-state index contributed by atoms with van der Waals surface area (Å²) in [4.78, 5) is 36.8. The van der Waals surface area contributed by atoms with Crippen molar-refractivity contribution < 1.29 is 29.1 Å². The molecule has 1 fully saturated rings. The summed E-state index contributed by atoms with van der Waals surface area (Å²) < 4.78 is 10.8. The lowest BCUT2D eigenvalue weighted by molar-refractivity contribution is -0.384. The van der Waals surface area contributed by atoms with Crippen molar-refractivity contribution in [3.8, 4) is 0 Å². The van der Waals surface area contributed by atoms with Gasteiger partial charge in [0.1, 0.15) is 12.7 Å². The first-order chi connectivity index (χ1) is 14.8. The average Bonchev–Trinajstić information content (AvgIpc) is 3.24. The standard InChI is InChI=1S/C22H26N2O7/c1-13-18(21(26)30-11-10-25)20(15-6-5-7-16(12-15)24(28)29)19(14(2)23-13)22(27)31-17-8-3-4-9-17/h5-7,12,17,20,23,25H,3-4,8-11H2,1-2H3. The Kier molecular flexibility index (Phi) is 7.06. The molecule has 1 aromatic rings. The Hall–Kier alpha value is -3.20. The van der Waals surface area contributed by atoms with Gasteiger partial charge in [0.05, 0.1) is 28.6 Å². The van der Waals surface area contributed by atoms with Crippen LogP contribution in [0.1, 0.15) is 51.0 Å². The molecule has 1 heterocycles. The van der Waals surface area contributed by atoms with Crippen molar-refractivity contribution in [2.45, 2.75) is 51.6 Å². The van der Waals surface area contributed by atoms with Crippen LogP contribution in [0, 0.1) is 10.1 Å². The molecule has 1 aromatic carbocycles. The van der Waals surface area contributed by atoms with Crippen molar-refractivity contribution >= 4 is 17.6 Å². The molecule has 1 aliphatic carbocycles. The lowest BCUT2D eigenvalue weighted by Crippen LogP contribution is -2.33. The largest absolute Gasteiger partial charge is 0.460 e. The quantitative estimate of drug-likeness (QED) is 0.384. The molecule has 0 bridgehead atoms. The van der Waals surface area contributed by atoms with Gasteiger partial charge in [-0.05, 0) is 45.1 Å². The molecule has 166 valence electrons. The van der Waals surface area contributed by atoms with Crippen LogP contribution in [-0.4, -0.2) is 41.3 Å². The third-order valence-electron chi connectivity index (χ3n) is 5.51. The van der Waals surface area contributed by atoms with E-state index in [4.69, 9.17) is 14.6 Å². The number of hydrogen-bond acceptors (Lipinski definition) is 8. The minimum atomic E-state index is -0.902. The number of nitro benzene ring substituents is 1. The van der Waals surface area contributed by atoms with Crippen molar-refractivity contribution in [2.24, 2.45) is 0 Å². The second-order valence-corrected chi connectivity index (χ2v) is 7.66. The summed E-state index contributed by atoms with van der Waals surface area (Å²) in [5.74, 6) is -2.18. The molecule has 0 spiro atoms. The molecule has 3 rings (SSSR count). The Morgan fingerprint density at radius 2 is 1.81 bits per heavy atom. The van der Waals surface area contributed by atoms with Crippen LogP contribution in [0.25, 0.3) is 0 Å². The van der Waals surface area contributed by atoms with Crippen LogP contribution in [-0.2, 0) is 19.1 Å². The molecular formula is C22H26N2O7. The number of benzene rings is 1. The number of allylic oxidation sites excluding steroid dienone is 2. The minimum Gasteiger partial charge on any atom is -0.460 e. The molecule has 1 atom stereocenters. The number of carbonyl (C=O) groups is 2. The first-order valence-electron chi connectivity index (χ1n) is 10.2. The number of ether oxygens (including phenoxy) is 2. The molecular weight excluding hydrogens is 404 g/mol. The number of rotatable bonds is 7. The lowest BCUT2D eigenvalue weighted by atomic mass is 9.80. The fourth-order valence-corrected chi connectivity index (χ4v) is 4.12. The molecule has 0 amide bonds. The Morgan fingerprint density at radius 1 is 1.16 bits per heavy atom. The molecule has 31 heavy (non-hydrogen) atoms. The Labute approximate surface area is 179 Å². The SMILES string of the molecule is CC1=C(C(=O)OCCO)C(c2cccc([N+](=O)[O-])c2)C(C(=O)OC2CCCC2)=C(C)N1. The van der Waals surface area contributed by atoms with Gasteiger partial charge in [-0.2, -0.15) is 0 Å². The van der Waals surface area contributed by atoms with Crippen LogP contribution in [0.5, 0.6) is 0 Å². The van der Waals surface area contributed by atoms with Crippen molar-refractivity contribution in [1.82, 2.24) is 5.32 Å². The van der Waals surface area contributed by atoms with Crippen LogP contribution < -0.4 is 5.32 Å². The molecule has 9 nitrogen and oxygen atoms in total. The topological polar surface area (TPSA) is 128 Å². The molecule has 2 N–H and O–H groups in total. The van der Waals surface area contributed by atoms with Gasteiger partial charge in [0.25, 0.3) is 5.69 Å². The normalized spacial score (nSPS) is 19.3. The number of carbonyl (C=O) groups excluding carboxylic acids is 2. The lowest BCUT2D eigenvalue weighted by Gasteiger charge is -2.31. The molecule has 0 radical (unpaired) electrons. The van der Waals surface area contributed by atoms with E-state index in [1.165, 1.54) is 18.2 Å². The zero-order chi connectivity index (χ0) is 22.5. The summed E-state index contributed by atoms with van der Waals surface area (Å²) >= 11 is 0. The van der Waals surface area contributed by atoms with Crippen LogP contribution in [0.15, 0.2) is 46.8 Å². The van der Waals surface area contributed by atoms with E-state index in [1.54, 1.807) is 19.9 Å². The van der Waals surface area contributed by atoms with Gasteiger partial charge in [-0.25, -0.2) is 9.59 Å². The predicted octanol–water partition coefficient (Wildman–Crippen LogP) is 2.85. The summed E-state index contributed by atoms with van der Waals surface area (Å²) in [6.07, 6.45) is 3.36. The Balaban J connectivity index is 2.07. The molecule has 2 aliphatic rings. The third kappa shape index (κ3) is 4.93. The van der Waals surface area contributed by atoms with Gasteiger partial charge < -0.3 is 19.9 Å². The summed E-state index contributed by atoms with van der Waals surface area (Å²) in [7, 11) is 0. The fraction of sp³-hybridized carbons (Fsp3) is 0.455. The first kappa shape index (κ1) is 22.5. The minimum absolute atomic E-state index is 0.151. The Bertz CT molecular complexity index is 945. The molecule has 9 heteroatoms. The highest BCUT2D eigenvalue weighted by Crippen LogP contribution is 2.40. The summed E-state index contributed by atoms with van der Waals surface area (Å²) in [6, 6.07) is 5.83.